The Bertz CT molecular complexity index is 843. The maximum atomic E-state index is 13.0. The van der Waals surface area contributed by atoms with Gasteiger partial charge in [-0.25, -0.2) is 4.79 Å². The van der Waals surface area contributed by atoms with E-state index in [0.717, 1.165) is 0 Å². The SMILES string of the molecule is C[C@@H](Oc1ccccc1)C(=O)OCC(=O)Nc1ccc2c(c1)OC(F)(F)O2. The fourth-order valence-electron chi connectivity index (χ4n) is 2.23. The molecular formula is C18H15F2NO6. The number of carbonyl (C=O) groups excluding carboxylic acids is 2. The molecule has 0 saturated heterocycles. The maximum Gasteiger partial charge on any atom is 0.586 e. The van der Waals surface area contributed by atoms with Crippen LogP contribution in [-0.2, 0) is 14.3 Å². The molecule has 1 aliphatic heterocycles. The van der Waals surface area contributed by atoms with Crippen molar-refractivity contribution in [3.8, 4) is 17.2 Å². The summed E-state index contributed by atoms with van der Waals surface area (Å²) < 4.78 is 44.8. The summed E-state index contributed by atoms with van der Waals surface area (Å²) in [7, 11) is 0. The van der Waals surface area contributed by atoms with Crippen LogP contribution in [0.25, 0.3) is 0 Å². The Morgan fingerprint density at radius 2 is 1.81 bits per heavy atom. The van der Waals surface area contributed by atoms with E-state index < -0.39 is 30.9 Å². The van der Waals surface area contributed by atoms with Crippen LogP contribution in [0.15, 0.2) is 48.5 Å². The number of nitrogens with one attached hydrogen (secondary N) is 1. The molecule has 1 aliphatic rings. The number of fused-ring (bicyclic) bond motifs is 1. The lowest BCUT2D eigenvalue weighted by atomic mass is 10.3. The van der Waals surface area contributed by atoms with Gasteiger partial charge in [0.1, 0.15) is 5.75 Å². The minimum atomic E-state index is -3.74. The van der Waals surface area contributed by atoms with Crippen molar-refractivity contribution in [3.63, 3.8) is 0 Å². The lowest BCUT2D eigenvalue weighted by Gasteiger charge is -2.13. The first kappa shape index (κ1) is 18.4. The van der Waals surface area contributed by atoms with Gasteiger partial charge in [-0.2, -0.15) is 0 Å². The molecule has 1 N–H and O–H groups in total. The standard InChI is InChI=1S/C18H15F2NO6/c1-11(25-13-5-3-2-4-6-13)17(23)24-10-16(22)21-12-7-8-14-15(9-12)27-18(19,20)26-14/h2-9,11H,10H2,1H3,(H,21,22)/t11-/m1/s1. The summed E-state index contributed by atoms with van der Waals surface area (Å²) in [5.41, 5.74) is 0.185. The highest BCUT2D eigenvalue weighted by molar-refractivity contribution is 5.93. The van der Waals surface area contributed by atoms with Gasteiger partial charge in [0.25, 0.3) is 5.91 Å². The highest BCUT2D eigenvalue weighted by Gasteiger charge is 2.43. The predicted octanol–water partition coefficient (Wildman–Crippen LogP) is 2.96. The Balaban J connectivity index is 1.48. The predicted molar refractivity (Wildman–Crippen MR) is 88.8 cm³/mol. The number of hydrogen-bond acceptors (Lipinski definition) is 6. The minimum Gasteiger partial charge on any atom is -0.479 e. The van der Waals surface area contributed by atoms with Gasteiger partial charge in [0, 0.05) is 11.8 Å². The summed E-state index contributed by atoms with van der Waals surface area (Å²) in [6.07, 6.45) is -4.65. The molecule has 1 atom stereocenters. The van der Waals surface area contributed by atoms with Crippen molar-refractivity contribution in [3.05, 3.63) is 48.5 Å². The molecule has 2 aromatic carbocycles. The second-order valence-electron chi connectivity index (χ2n) is 5.56. The highest BCUT2D eigenvalue weighted by atomic mass is 19.3. The van der Waals surface area contributed by atoms with E-state index in [1.165, 1.54) is 25.1 Å². The van der Waals surface area contributed by atoms with Gasteiger partial charge in [0.15, 0.2) is 24.2 Å². The van der Waals surface area contributed by atoms with E-state index in [1.54, 1.807) is 30.3 Å². The van der Waals surface area contributed by atoms with Crippen molar-refractivity contribution in [1.82, 2.24) is 0 Å². The molecule has 0 radical (unpaired) electrons. The van der Waals surface area contributed by atoms with Crippen molar-refractivity contribution in [2.75, 3.05) is 11.9 Å². The molecule has 0 saturated carbocycles. The fraction of sp³-hybridized carbons (Fsp3) is 0.222. The number of amides is 1. The first-order valence-electron chi connectivity index (χ1n) is 7.90. The third-order valence-electron chi connectivity index (χ3n) is 3.42. The summed E-state index contributed by atoms with van der Waals surface area (Å²) in [5, 5.41) is 2.41. The summed E-state index contributed by atoms with van der Waals surface area (Å²) in [6, 6.07) is 12.4. The lowest BCUT2D eigenvalue weighted by Crippen LogP contribution is -2.29. The summed E-state index contributed by atoms with van der Waals surface area (Å²) >= 11 is 0. The smallest absolute Gasteiger partial charge is 0.479 e. The van der Waals surface area contributed by atoms with Crippen LogP contribution in [0.4, 0.5) is 14.5 Å². The number of esters is 1. The summed E-state index contributed by atoms with van der Waals surface area (Å²) in [4.78, 5) is 23.8. The summed E-state index contributed by atoms with van der Waals surface area (Å²) in [5.74, 6) is -1.24. The molecule has 0 bridgehead atoms. The van der Waals surface area contributed by atoms with Crippen LogP contribution < -0.4 is 19.5 Å². The zero-order valence-electron chi connectivity index (χ0n) is 14.1. The van der Waals surface area contributed by atoms with Crippen molar-refractivity contribution in [1.29, 1.82) is 0 Å². The third-order valence-corrected chi connectivity index (χ3v) is 3.42. The second kappa shape index (κ2) is 7.48. The number of carbonyl (C=O) groups is 2. The summed E-state index contributed by atoms with van der Waals surface area (Å²) in [6.45, 7) is 0.928. The van der Waals surface area contributed by atoms with Gasteiger partial charge in [-0.3, -0.25) is 4.79 Å². The molecule has 142 valence electrons. The van der Waals surface area contributed by atoms with E-state index in [9.17, 15) is 18.4 Å². The van der Waals surface area contributed by atoms with Gasteiger partial charge in [0.2, 0.25) is 0 Å². The van der Waals surface area contributed by atoms with E-state index in [2.05, 4.69) is 14.8 Å². The number of anilines is 1. The monoisotopic (exact) mass is 379 g/mol. The van der Waals surface area contributed by atoms with E-state index in [-0.39, 0.29) is 17.2 Å². The zero-order chi connectivity index (χ0) is 19.4. The molecular weight excluding hydrogens is 364 g/mol. The van der Waals surface area contributed by atoms with Gasteiger partial charge in [0.05, 0.1) is 0 Å². The van der Waals surface area contributed by atoms with Crippen LogP contribution in [0.1, 0.15) is 6.92 Å². The number of alkyl halides is 2. The van der Waals surface area contributed by atoms with Crippen LogP contribution in [-0.4, -0.2) is 30.9 Å². The molecule has 0 aromatic heterocycles. The van der Waals surface area contributed by atoms with E-state index >= 15 is 0 Å². The number of benzene rings is 2. The first-order chi connectivity index (χ1) is 12.8. The molecule has 7 nitrogen and oxygen atoms in total. The van der Waals surface area contributed by atoms with Crippen LogP contribution in [0.2, 0.25) is 0 Å². The molecule has 1 heterocycles. The lowest BCUT2D eigenvalue weighted by molar-refractivity contribution is -0.286. The molecule has 0 unspecified atom stereocenters. The van der Waals surface area contributed by atoms with Crippen molar-refractivity contribution in [2.45, 2.75) is 19.3 Å². The van der Waals surface area contributed by atoms with Gasteiger partial charge in [-0.15, -0.1) is 8.78 Å². The highest BCUT2D eigenvalue weighted by Crippen LogP contribution is 2.42. The van der Waals surface area contributed by atoms with Gasteiger partial charge >= 0.3 is 12.3 Å². The van der Waals surface area contributed by atoms with Crippen LogP contribution in [0.5, 0.6) is 17.2 Å². The molecule has 1 amide bonds. The number of ether oxygens (including phenoxy) is 4. The Labute approximate surface area is 152 Å². The average Bonchev–Trinajstić information content (AvgIpc) is 2.93. The first-order valence-corrected chi connectivity index (χ1v) is 7.90. The molecule has 0 aliphatic carbocycles. The van der Waals surface area contributed by atoms with Gasteiger partial charge in [-0.05, 0) is 31.2 Å². The van der Waals surface area contributed by atoms with Crippen LogP contribution in [0.3, 0.4) is 0 Å². The van der Waals surface area contributed by atoms with E-state index in [4.69, 9.17) is 9.47 Å². The van der Waals surface area contributed by atoms with E-state index in [0.29, 0.717) is 5.75 Å². The normalized spacial score (nSPS) is 14.9. The van der Waals surface area contributed by atoms with Crippen LogP contribution >= 0.6 is 0 Å². The van der Waals surface area contributed by atoms with Crippen molar-refractivity contribution >= 4 is 17.6 Å². The molecule has 9 heteroatoms. The quantitative estimate of drug-likeness (QED) is 0.777. The number of para-hydroxylation sites is 1. The van der Waals surface area contributed by atoms with Crippen LogP contribution in [0, 0.1) is 0 Å². The molecule has 0 fully saturated rings. The number of hydrogen-bond donors (Lipinski definition) is 1. The topological polar surface area (TPSA) is 83.1 Å². The fourth-order valence-corrected chi connectivity index (χ4v) is 2.23. The largest absolute Gasteiger partial charge is 0.586 e. The zero-order valence-corrected chi connectivity index (χ0v) is 14.1. The Morgan fingerprint density at radius 1 is 1.11 bits per heavy atom. The second-order valence-corrected chi connectivity index (χ2v) is 5.56. The van der Waals surface area contributed by atoms with Crippen molar-refractivity contribution in [2.24, 2.45) is 0 Å². The van der Waals surface area contributed by atoms with Crippen molar-refractivity contribution < 1.29 is 37.3 Å². The molecule has 2 aromatic rings. The Kier molecular flexibility index (Phi) is 5.11. The number of rotatable bonds is 6. The third kappa shape index (κ3) is 4.84. The molecule has 0 spiro atoms. The molecule has 3 rings (SSSR count). The number of halogens is 2. The maximum absolute atomic E-state index is 13.0. The molecule has 27 heavy (non-hydrogen) atoms. The Hall–Kier alpha value is -3.36. The Morgan fingerprint density at radius 3 is 2.56 bits per heavy atom. The van der Waals surface area contributed by atoms with Gasteiger partial charge < -0.3 is 24.3 Å². The van der Waals surface area contributed by atoms with Gasteiger partial charge in [-0.1, -0.05) is 18.2 Å². The minimum absolute atomic E-state index is 0.142. The van der Waals surface area contributed by atoms with E-state index in [1.807, 2.05) is 0 Å². The average molecular weight is 379 g/mol.